The number of rotatable bonds is 4. The van der Waals surface area contributed by atoms with Crippen LogP contribution in [-0.4, -0.2) is 10.2 Å². The molecule has 0 radical (unpaired) electrons. The van der Waals surface area contributed by atoms with Gasteiger partial charge in [-0.1, -0.05) is 54.6 Å². The summed E-state index contributed by atoms with van der Waals surface area (Å²) < 4.78 is 27.0. The van der Waals surface area contributed by atoms with Crippen LogP contribution in [0.4, 0.5) is 8.78 Å². The fourth-order valence-corrected chi connectivity index (χ4v) is 3.44. The number of aryl methyl sites for hydroxylation is 1. The number of hydrogen-bond acceptors (Lipinski definition) is 1. The fraction of sp³-hybridized carbons (Fsp3) is 0.0870. The highest BCUT2D eigenvalue weighted by Crippen LogP contribution is 2.38. The normalized spacial score (nSPS) is 11.1. The summed E-state index contributed by atoms with van der Waals surface area (Å²) in [4.78, 5) is 0. The van der Waals surface area contributed by atoms with Gasteiger partial charge in [-0.05, 0) is 42.3 Å². The second-order valence-corrected chi connectivity index (χ2v) is 6.51. The molecule has 3 aromatic carbocycles. The molecule has 0 saturated heterocycles. The molecule has 2 nitrogen and oxygen atoms in total. The SMILES string of the molecule is Cc1[nH]nc(-c2ccccc2)c1C(c1ccc(F)cc1)c1ccc(F)cc1. The van der Waals surface area contributed by atoms with Crippen LogP contribution in [0.25, 0.3) is 11.3 Å². The van der Waals surface area contributed by atoms with Crippen LogP contribution in [0.5, 0.6) is 0 Å². The second-order valence-electron chi connectivity index (χ2n) is 6.51. The van der Waals surface area contributed by atoms with Gasteiger partial charge in [-0.3, -0.25) is 5.10 Å². The smallest absolute Gasteiger partial charge is 0.123 e. The number of nitrogens with one attached hydrogen (secondary N) is 1. The van der Waals surface area contributed by atoms with Gasteiger partial charge < -0.3 is 0 Å². The summed E-state index contributed by atoms with van der Waals surface area (Å²) in [5.74, 6) is -0.771. The van der Waals surface area contributed by atoms with Crippen molar-refractivity contribution in [3.05, 3.63) is 113 Å². The third-order valence-corrected chi connectivity index (χ3v) is 4.74. The molecular weight excluding hydrogens is 342 g/mol. The lowest BCUT2D eigenvalue weighted by Gasteiger charge is -2.20. The molecule has 0 fully saturated rings. The van der Waals surface area contributed by atoms with Gasteiger partial charge in [0.2, 0.25) is 0 Å². The van der Waals surface area contributed by atoms with Gasteiger partial charge in [-0.2, -0.15) is 5.10 Å². The number of benzene rings is 3. The van der Waals surface area contributed by atoms with Crippen LogP contribution in [0.3, 0.4) is 0 Å². The van der Waals surface area contributed by atoms with Gasteiger partial charge in [0.25, 0.3) is 0 Å². The van der Waals surface area contributed by atoms with E-state index in [4.69, 9.17) is 0 Å². The minimum Gasteiger partial charge on any atom is -0.282 e. The Kier molecular flexibility index (Phi) is 4.55. The molecule has 27 heavy (non-hydrogen) atoms. The summed E-state index contributed by atoms with van der Waals surface area (Å²) in [5, 5.41) is 7.60. The summed E-state index contributed by atoms with van der Waals surface area (Å²) >= 11 is 0. The number of nitrogens with zero attached hydrogens (tertiary/aromatic N) is 1. The van der Waals surface area contributed by atoms with E-state index in [1.165, 1.54) is 24.3 Å². The predicted octanol–water partition coefficient (Wildman–Crippen LogP) is 5.84. The maximum Gasteiger partial charge on any atom is 0.123 e. The quantitative estimate of drug-likeness (QED) is 0.486. The molecule has 1 heterocycles. The van der Waals surface area contributed by atoms with Crippen molar-refractivity contribution in [2.75, 3.05) is 0 Å². The third kappa shape index (κ3) is 3.38. The third-order valence-electron chi connectivity index (χ3n) is 4.74. The summed E-state index contributed by atoms with van der Waals surface area (Å²) in [7, 11) is 0. The van der Waals surface area contributed by atoms with Crippen LogP contribution >= 0.6 is 0 Å². The Labute approximate surface area is 156 Å². The van der Waals surface area contributed by atoms with Crippen molar-refractivity contribution in [2.45, 2.75) is 12.8 Å². The van der Waals surface area contributed by atoms with E-state index in [1.807, 2.05) is 37.3 Å². The molecule has 0 aliphatic rings. The summed E-state index contributed by atoms with van der Waals surface area (Å²) in [6.07, 6.45) is 0. The Morgan fingerprint density at radius 3 is 1.78 bits per heavy atom. The minimum absolute atomic E-state index is 0.194. The van der Waals surface area contributed by atoms with Crippen LogP contribution in [-0.2, 0) is 0 Å². The Hall–Kier alpha value is -3.27. The van der Waals surface area contributed by atoms with Crippen LogP contribution in [0, 0.1) is 18.6 Å². The molecule has 4 rings (SSSR count). The van der Waals surface area contributed by atoms with E-state index in [0.717, 1.165) is 33.6 Å². The van der Waals surface area contributed by atoms with E-state index in [9.17, 15) is 8.78 Å². The van der Waals surface area contributed by atoms with Gasteiger partial charge in [-0.25, -0.2) is 8.78 Å². The highest BCUT2D eigenvalue weighted by Gasteiger charge is 2.25. The number of hydrogen-bond donors (Lipinski definition) is 1. The molecule has 1 N–H and O–H groups in total. The highest BCUT2D eigenvalue weighted by molar-refractivity contribution is 5.67. The molecule has 0 bridgehead atoms. The molecule has 4 aromatic rings. The maximum atomic E-state index is 13.5. The number of H-pyrrole nitrogens is 1. The first-order valence-corrected chi connectivity index (χ1v) is 8.74. The average Bonchev–Trinajstić information content (AvgIpc) is 3.07. The molecule has 0 unspecified atom stereocenters. The zero-order valence-corrected chi connectivity index (χ0v) is 14.8. The zero-order chi connectivity index (χ0) is 18.8. The van der Waals surface area contributed by atoms with Crippen molar-refractivity contribution in [2.24, 2.45) is 0 Å². The van der Waals surface area contributed by atoms with Gasteiger partial charge >= 0.3 is 0 Å². The largest absolute Gasteiger partial charge is 0.282 e. The molecule has 0 aliphatic heterocycles. The van der Waals surface area contributed by atoms with Crippen molar-refractivity contribution in [3.8, 4) is 11.3 Å². The van der Waals surface area contributed by atoms with Crippen molar-refractivity contribution in [1.29, 1.82) is 0 Å². The molecule has 0 spiro atoms. The van der Waals surface area contributed by atoms with E-state index < -0.39 is 0 Å². The van der Waals surface area contributed by atoms with E-state index in [2.05, 4.69) is 10.2 Å². The molecule has 4 heteroatoms. The lowest BCUT2D eigenvalue weighted by molar-refractivity contribution is 0.626. The average molecular weight is 360 g/mol. The Bertz CT molecular complexity index is 991. The van der Waals surface area contributed by atoms with E-state index >= 15 is 0 Å². The van der Waals surface area contributed by atoms with Gasteiger partial charge in [0.05, 0.1) is 5.69 Å². The number of halogens is 2. The molecule has 0 aliphatic carbocycles. The van der Waals surface area contributed by atoms with Crippen LogP contribution in [0.1, 0.15) is 28.3 Å². The van der Waals surface area contributed by atoms with Crippen LogP contribution in [0.2, 0.25) is 0 Å². The lowest BCUT2D eigenvalue weighted by atomic mass is 9.83. The van der Waals surface area contributed by atoms with Gasteiger partial charge in [0, 0.05) is 22.7 Å². The lowest BCUT2D eigenvalue weighted by Crippen LogP contribution is -2.06. The molecule has 0 atom stereocenters. The molecule has 1 aromatic heterocycles. The van der Waals surface area contributed by atoms with Crippen molar-refractivity contribution in [3.63, 3.8) is 0 Å². The zero-order valence-electron chi connectivity index (χ0n) is 14.8. The topological polar surface area (TPSA) is 28.7 Å². The van der Waals surface area contributed by atoms with E-state index in [1.54, 1.807) is 24.3 Å². The summed E-state index contributed by atoms with van der Waals surface area (Å²) in [6, 6.07) is 22.8. The van der Waals surface area contributed by atoms with Gasteiger partial charge in [0.15, 0.2) is 0 Å². The minimum atomic E-state index is -0.288. The first kappa shape index (κ1) is 17.2. The summed E-state index contributed by atoms with van der Waals surface area (Å²) in [5.41, 5.74) is 5.60. The first-order chi connectivity index (χ1) is 13.1. The molecule has 0 amide bonds. The molecule has 134 valence electrons. The highest BCUT2D eigenvalue weighted by atomic mass is 19.1. The van der Waals surface area contributed by atoms with Crippen molar-refractivity contribution >= 4 is 0 Å². The predicted molar refractivity (Wildman–Crippen MR) is 103 cm³/mol. The van der Waals surface area contributed by atoms with Crippen molar-refractivity contribution < 1.29 is 8.78 Å². The van der Waals surface area contributed by atoms with Crippen LogP contribution < -0.4 is 0 Å². The monoisotopic (exact) mass is 360 g/mol. The number of aromatic amines is 1. The second kappa shape index (κ2) is 7.16. The van der Waals surface area contributed by atoms with E-state index in [0.29, 0.717) is 0 Å². The van der Waals surface area contributed by atoms with Crippen molar-refractivity contribution in [1.82, 2.24) is 10.2 Å². The van der Waals surface area contributed by atoms with E-state index in [-0.39, 0.29) is 17.6 Å². The molecule has 0 saturated carbocycles. The standard InChI is InChI=1S/C23H18F2N2/c1-15-21(23(27-26-15)18-5-3-2-4-6-18)22(16-7-11-19(24)12-8-16)17-9-13-20(25)14-10-17/h2-14,22H,1H3,(H,26,27). The maximum absolute atomic E-state index is 13.5. The van der Waals surface area contributed by atoms with Gasteiger partial charge in [-0.15, -0.1) is 0 Å². The Morgan fingerprint density at radius 1 is 0.741 bits per heavy atom. The Balaban J connectivity index is 1.93. The molecular formula is C23H18F2N2. The number of aromatic nitrogens is 2. The first-order valence-electron chi connectivity index (χ1n) is 8.74. The Morgan fingerprint density at radius 2 is 1.26 bits per heavy atom. The summed E-state index contributed by atoms with van der Waals surface area (Å²) in [6.45, 7) is 1.97. The fourth-order valence-electron chi connectivity index (χ4n) is 3.44. The van der Waals surface area contributed by atoms with Crippen LogP contribution in [0.15, 0.2) is 78.9 Å². The van der Waals surface area contributed by atoms with Gasteiger partial charge in [0.1, 0.15) is 11.6 Å².